The molecular formula is C17H26Cl2N2. The Labute approximate surface area is 138 Å². The fourth-order valence-electron chi connectivity index (χ4n) is 3.52. The first-order valence-electron chi connectivity index (χ1n) is 7.72. The molecular weight excluding hydrogens is 303 g/mol. The molecule has 1 fully saturated rings. The van der Waals surface area contributed by atoms with E-state index in [9.17, 15) is 0 Å². The molecule has 1 aliphatic rings. The van der Waals surface area contributed by atoms with Crippen molar-refractivity contribution in [2.45, 2.75) is 50.6 Å². The maximum atomic E-state index is 6.63. The Balaban J connectivity index is 2.15. The van der Waals surface area contributed by atoms with Crippen molar-refractivity contribution >= 4 is 23.2 Å². The second-order valence-electron chi connectivity index (χ2n) is 6.74. The highest BCUT2D eigenvalue weighted by atomic mass is 35.5. The lowest BCUT2D eigenvalue weighted by atomic mass is 9.71. The van der Waals surface area contributed by atoms with Crippen molar-refractivity contribution in [3.05, 3.63) is 33.8 Å². The summed E-state index contributed by atoms with van der Waals surface area (Å²) in [5, 5.41) is 1.21. The van der Waals surface area contributed by atoms with Crippen LogP contribution in [0.1, 0.15) is 38.2 Å². The summed E-state index contributed by atoms with van der Waals surface area (Å²) >= 11 is 12.1. The Morgan fingerprint density at radius 2 is 1.86 bits per heavy atom. The van der Waals surface area contributed by atoms with E-state index in [1.165, 1.54) is 25.7 Å². The van der Waals surface area contributed by atoms with Crippen molar-refractivity contribution in [1.82, 2.24) is 4.90 Å². The molecule has 1 unspecified atom stereocenters. The van der Waals surface area contributed by atoms with Crippen molar-refractivity contribution in [2.75, 3.05) is 14.1 Å². The van der Waals surface area contributed by atoms with Crippen LogP contribution in [-0.2, 0) is 6.42 Å². The van der Waals surface area contributed by atoms with E-state index in [2.05, 4.69) is 25.9 Å². The molecule has 4 heteroatoms. The molecule has 0 saturated heterocycles. The minimum Gasteiger partial charge on any atom is -0.326 e. The van der Waals surface area contributed by atoms with E-state index in [1.54, 1.807) is 0 Å². The molecule has 1 aromatic carbocycles. The number of nitrogens with two attached hydrogens (primary N) is 1. The van der Waals surface area contributed by atoms with Gasteiger partial charge in [-0.1, -0.05) is 36.2 Å². The lowest BCUT2D eigenvalue weighted by Crippen LogP contribution is -2.59. The van der Waals surface area contributed by atoms with E-state index in [0.717, 1.165) is 17.9 Å². The highest BCUT2D eigenvalue weighted by molar-refractivity contribution is 6.42. The molecule has 0 heterocycles. The molecule has 0 bridgehead atoms. The molecule has 1 aromatic rings. The predicted molar refractivity (Wildman–Crippen MR) is 92.2 cm³/mol. The van der Waals surface area contributed by atoms with Gasteiger partial charge in [0.1, 0.15) is 0 Å². The van der Waals surface area contributed by atoms with Crippen LogP contribution in [0.3, 0.4) is 0 Å². The third kappa shape index (κ3) is 3.73. The molecule has 0 amide bonds. The van der Waals surface area contributed by atoms with Gasteiger partial charge in [0.05, 0.1) is 10.0 Å². The third-order valence-corrected chi connectivity index (χ3v) is 5.90. The van der Waals surface area contributed by atoms with Gasteiger partial charge in [-0.25, -0.2) is 0 Å². The molecule has 1 aliphatic carbocycles. The smallest absolute Gasteiger partial charge is 0.0595 e. The summed E-state index contributed by atoms with van der Waals surface area (Å²) in [5.41, 5.74) is 7.89. The quantitative estimate of drug-likeness (QED) is 0.888. The van der Waals surface area contributed by atoms with Gasteiger partial charge in [-0.15, -0.1) is 0 Å². The number of benzene rings is 1. The van der Waals surface area contributed by atoms with Crippen LogP contribution in [0.25, 0.3) is 0 Å². The van der Waals surface area contributed by atoms with Gasteiger partial charge in [0.25, 0.3) is 0 Å². The van der Waals surface area contributed by atoms with Crippen LogP contribution in [0.4, 0.5) is 0 Å². The molecule has 2 rings (SSSR count). The van der Waals surface area contributed by atoms with Crippen molar-refractivity contribution in [1.29, 1.82) is 0 Å². The number of hydrogen-bond acceptors (Lipinski definition) is 2. The number of rotatable bonds is 4. The highest BCUT2D eigenvalue weighted by Gasteiger charge is 2.41. The summed E-state index contributed by atoms with van der Waals surface area (Å²) in [6.07, 6.45) is 5.69. The number of likely N-dealkylation sites (N-methyl/N-ethyl adjacent to an activating group) is 1. The monoisotopic (exact) mass is 328 g/mol. The number of halogens is 2. The standard InChI is InChI=1S/C17H26Cl2N2/c1-12-6-8-17(9-7-12,21(2)3)16(20)11-13-4-5-14(18)15(19)10-13/h4-5,10,12,16H,6-9,11,20H2,1-3H3. The molecule has 2 N–H and O–H groups in total. The SMILES string of the molecule is CC1CCC(C(N)Cc2ccc(Cl)c(Cl)c2)(N(C)C)CC1. The Bertz CT molecular complexity index is 480. The first-order chi connectivity index (χ1) is 9.85. The van der Waals surface area contributed by atoms with Crippen molar-refractivity contribution < 1.29 is 0 Å². The van der Waals surface area contributed by atoms with E-state index in [4.69, 9.17) is 28.9 Å². The zero-order valence-electron chi connectivity index (χ0n) is 13.2. The van der Waals surface area contributed by atoms with Crippen molar-refractivity contribution in [3.8, 4) is 0 Å². The van der Waals surface area contributed by atoms with E-state index >= 15 is 0 Å². The fraction of sp³-hybridized carbons (Fsp3) is 0.647. The molecule has 1 atom stereocenters. The zero-order valence-corrected chi connectivity index (χ0v) is 14.7. The Hall–Kier alpha value is -0.280. The normalized spacial score (nSPS) is 27.9. The second kappa shape index (κ2) is 6.87. The Kier molecular flexibility index (Phi) is 5.59. The van der Waals surface area contributed by atoms with E-state index in [-0.39, 0.29) is 11.6 Å². The number of nitrogens with zero attached hydrogens (tertiary/aromatic N) is 1. The molecule has 0 aliphatic heterocycles. The van der Waals surface area contributed by atoms with Crippen LogP contribution in [-0.4, -0.2) is 30.6 Å². The molecule has 0 spiro atoms. The summed E-state index contributed by atoms with van der Waals surface area (Å²) < 4.78 is 0. The third-order valence-electron chi connectivity index (χ3n) is 5.16. The minimum atomic E-state index is 0.0959. The Morgan fingerprint density at radius 1 is 1.24 bits per heavy atom. The van der Waals surface area contributed by atoms with Crippen molar-refractivity contribution in [2.24, 2.45) is 11.7 Å². The zero-order chi connectivity index (χ0) is 15.6. The maximum absolute atomic E-state index is 6.63. The van der Waals surface area contributed by atoms with Crippen LogP contribution in [0.15, 0.2) is 18.2 Å². The van der Waals surface area contributed by atoms with Gasteiger partial charge in [-0.3, -0.25) is 0 Å². The van der Waals surface area contributed by atoms with Crippen LogP contribution in [0.5, 0.6) is 0 Å². The van der Waals surface area contributed by atoms with Crippen LogP contribution in [0.2, 0.25) is 10.0 Å². The van der Waals surface area contributed by atoms with Gasteiger partial charge in [0.15, 0.2) is 0 Å². The number of hydrogen-bond donors (Lipinski definition) is 1. The van der Waals surface area contributed by atoms with E-state index in [1.807, 2.05) is 18.2 Å². The second-order valence-corrected chi connectivity index (χ2v) is 7.55. The van der Waals surface area contributed by atoms with Gasteiger partial charge in [0, 0.05) is 11.6 Å². The van der Waals surface area contributed by atoms with Crippen LogP contribution >= 0.6 is 23.2 Å². The summed E-state index contributed by atoms with van der Waals surface area (Å²) in [5.74, 6) is 0.815. The highest BCUT2D eigenvalue weighted by Crippen LogP contribution is 2.38. The largest absolute Gasteiger partial charge is 0.326 e. The first kappa shape index (κ1) is 17.1. The molecule has 118 valence electrons. The molecule has 2 nitrogen and oxygen atoms in total. The topological polar surface area (TPSA) is 29.3 Å². The molecule has 0 aromatic heterocycles. The van der Waals surface area contributed by atoms with E-state index < -0.39 is 0 Å². The van der Waals surface area contributed by atoms with Crippen molar-refractivity contribution in [3.63, 3.8) is 0 Å². The average molecular weight is 329 g/mol. The summed E-state index contributed by atoms with van der Waals surface area (Å²) in [6, 6.07) is 5.94. The average Bonchev–Trinajstić information content (AvgIpc) is 2.43. The molecule has 21 heavy (non-hydrogen) atoms. The van der Waals surface area contributed by atoms with Gasteiger partial charge in [-0.05, 0) is 69.8 Å². The molecule has 0 radical (unpaired) electrons. The lowest BCUT2D eigenvalue weighted by Gasteiger charge is -2.48. The summed E-state index contributed by atoms with van der Waals surface area (Å²) in [4.78, 5) is 2.33. The van der Waals surface area contributed by atoms with Gasteiger partial charge < -0.3 is 10.6 Å². The summed E-state index contributed by atoms with van der Waals surface area (Å²) in [7, 11) is 4.31. The first-order valence-corrected chi connectivity index (χ1v) is 8.47. The minimum absolute atomic E-state index is 0.0959. The van der Waals surface area contributed by atoms with Gasteiger partial charge >= 0.3 is 0 Å². The summed E-state index contributed by atoms with van der Waals surface area (Å²) in [6.45, 7) is 2.34. The lowest BCUT2D eigenvalue weighted by molar-refractivity contribution is 0.0568. The van der Waals surface area contributed by atoms with Gasteiger partial charge in [0.2, 0.25) is 0 Å². The van der Waals surface area contributed by atoms with E-state index in [0.29, 0.717) is 10.0 Å². The maximum Gasteiger partial charge on any atom is 0.0595 e. The molecule has 1 saturated carbocycles. The predicted octanol–water partition coefficient (Wildman–Crippen LogP) is 4.37. The Morgan fingerprint density at radius 3 is 2.38 bits per heavy atom. The van der Waals surface area contributed by atoms with Crippen LogP contribution < -0.4 is 5.73 Å². The fourth-order valence-corrected chi connectivity index (χ4v) is 3.84. The van der Waals surface area contributed by atoms with Crippen LogP contribution in [0, 0.1) is 5.92 Å². The van der Waals surface area contributed by atoms with Gasteiger partial charge in [-0.2, -0.15) is 0 Å².